The minimum atomic E-state index is 1.02. The highest BCUT2D eigenvalue weighted by Crippen LogP contribution is 2.24. The maximum atomic E-state index is 3.68. The van der Waals surface area contributed by atoms with Gasteiger partial charge in [-0.25, -0.2) is 0 Å². The third kappa shape index (κ3) is 2.90. The van der Waals surface area contributed by atoms with Crippen LogP contribution in [0.3, 0.4) is 0 Å². The quantitative estimate of drug-likeness (QED) is 0.798. The molecule has 1 heterocycles. The molecule has 0 amide bonds. The number of benzene rings is 2. The average molecular weight is 316 g/mol. The molecular formula is C17H18BrN. The summed E-state index contributed by atoms with van der Waals surface area (Å²) in [5, 5.41) is 0. The summed E-state index contributed by atoms with van der Waals surface area (Å²) in [6, 6.07) is 15.4. The van der Waals surface area contributed by atoms with E-state index < -0.39 is 0 Å². The maximum absolute atomic E-state index is 3.68. The summed E-state index contributed by atoms with van der Waals surface area (Å²) < 4.78 is 1.23. The normalized spacial score (nSPS) is 15.3. The number of hydrogen-bond acceptors (Lipinski definition) is 1. The van der Waals surface area contributed by atoms with Crippen molar-refractivity contribution in [2.75, 3.05) is 6.54 Å². The number of rotatable bonds is 2. The molecule has 0 aliphatic carbocycles. The molecule has 2 aromatic carbocycles. The molecule has 0 atom stereocenters. The molecule has 0 bridgehead atoms. The highest BCUT2D eigenvalue weighted by atomic mass is 79.9. The number of aryl methyl sites for hydroxylation is 1. The van der Waals surface area contributed by atoms with Crippen molar-refractivity contribution < 1.29 is 0 Å². The Kier molecular flexibility index (Phi) is 3.72. The van der Waals surface area contributed by atoms with Crippen molar-refractivity contribution in [1.29, 1.82) is 0 Å². The van der Waals surface area contributed by atoms with Gasteiger partial charge in [0.15, 0.2) is 0 Å². The molecule has 0 saturated carbocycles. The van der Waals surface area contributed by atoms with Crippen LogP contribution < -0.4 is 0 Å². The predicted octanol–water partition coefficient (Wildman–Crippen LogP) is 4.32. The van der Waals surface area contributed by atoms with Crippen LogP contribution >= 0.6 is 15.9 Å². The molecule has 1 nitrogen and oxygen atoms in total. The molecule has 3 rings (SSSR count). The smallest absolute Gasteiger partial charge is 0.0248 e. The molecule has 0 N–H and O–H groups in total. The maximum Gasteiger partial charge on any atom is 0.0248 e. The van der Waals surface area contributed by atoms with Crippen molar-refractivity contribution in [3.63, 3.8) is 0 Å². The zero-order chi connectivity index (χ0) is 13.2. The third-order valence-electron chi connectivity index (χ3n) is 3.81. The minimum absolute atomic E-state index is 1.02. The zero-order valence-electron chi connectivity index (χ0n) is 11.2. The molecule has 0 aromatic heterocycles. The number of hydrogen-bond donors (Lipinski definition) is 0. The molecule has 2 aromatic rings. The lowest BCUT2D eigenvalue weighted by atomic mass is 9.99. The number of fused-ring (bicyclic) bond motifs is 1. The Morgan fingerprint density at radius 1 is 1.11 bits per heavy atom. The molecule has 0 saturated heterocycles. The highest BCUT2D eigenvalue weighted by molar-refractivity contribution is 9.10. The van der Waals surface area contributed by atoms with Gasteiger partial charge in [0.2, 0.25) is 0 Å². The molecule has 0 fully saturated rings. The fraction of sp³-hybridized carbons (Fsp3) is 0.294. The van der Waals surface area contributed by atoms with E-state index >= 15 is 0 Å². The lowest BCUT2D eigenvalue weighted by Gasteiger charge is -2.29. The van der Waals surface area contributed by atoms with E-state index in [2.05, 4.69) is 70.2 Å². The Labute approximate surface area is 123 Å². The van der Waals surface area contributed by atoms with Gasteiger partial charge in [0.1, 0.15) is 0 Å². The highest BCUT2D eigenvalue weighted by Gasteiger charge is 2.16. The second kappa shape index (κ2) is 5.48. The van der Waals surface area contributed by atoms with Crippen LogP contribution in [0.1, 0.15) is 22.3 Å². The van der Waals surface area contributed by atoms with E-state index in [1.807, 2.05) is 0 Å². The SMILES string of the molecule is Cc1ccc(CN2CCc3ccccc3C2)c(Br)c1. The first-order valence-electron chi connectivity index (χ1n) is 6.76. The average Bonchev–Trinajstić information content (AvgIpc) is 2.42. The van der Waals surface area contributed by atoms with Gasteiger partial charge in [0, 0.05) is 24.1 Å². The van der Waals surface area contributed by atoms with Gasteiger partial charge in [-0.3, -0.25) is 4.90 Å². The van der Waals surface area contributed by atoms with Gasteiger partial charge in [-0.15, -0.1) is 0 Å². The Morgan fingerprint density at radius 2 is 1.89 bits per heavy atom. The van der Waals surface area contributed by atoms with E-state index in [1.54, 1.807) is 0 Å². The van der Waals surface area contributed by atoms with Gasteiger partial charge in [0.05, 0.1) is 0 Å². The van der Waals surface area contributed by atoms with E-state index in [9.17, 15) is 0 Å². The monoisotopic (exact) mass is 315 g/mol. The molecule has 1 aliphatic heterocycles. The molecular weight excluding hydrogens is 298 g/mol. The van der Waals surface area contributed by atoms with E-state index in [0.717, 1.165) is 19.6 Å². The summed E-state index contributed by atoms with van der Waals surface area (Å²) in [4.78, 5) is 2.53. The second-order valence-electron chi connectivity index (χ2n) is 5.32. The Bertz CT molecular complexity index is 592. The van der Waals surface area contributed by atoms with Crippen molar-refractivity contribution in [1.82, 2.24) is 4.90 Å². The largest absolute Gasteiger partial charge is 0.294 e. The zero-order valence-corrected chi connectivity index (χ0v) is 12.8. The van der Waals surface area contributed by atoms with Crippen LogP contribution in [-0.4, -0.2) is 11.4 Å². The summed E-state index contributed by atoms with van der Waals surface area (Å²) >= 11 is 3.68. The van der Waals surface area contributed by atoms with Crippen LogP contribution in [0.2, 0.25) is 0 Å². The first kappa shape index (κ1) is 12.9. The summed E-state index contributed by atoms with van der Waals surface area (Å²) in [6.45, 7) is 5.37. The van der Waals surface area contributed by atoms with E-state index in [1.165, 1.54) is 33.1 Å². The van der Waals surface area contributed by atoms with Crippen molar-refractivity contribution >= 4 is 15.9 Å². The van der Waals surface area contributed by atoms with Gasteiger partial charge in [0.25, 0.3) is 0 Å². The van der Waals surface area contributed by atoms with Crippen LogP contribution in [0.4, 0.5) is 0 Å². The first-order valence-corrected chi connectivity index (χ1v) is 7.56. The summed E-state index contributed by atoms with van der Waals surface area (Å²) in [5.74, 6) is 0. The van der Waals surface area contributed by atoms with Gasteiger partial charge in [-0.1, -0.05) is 52.3 Å². The molecule has 0 radical (unpaired) electrons. The summed E-state index contributed by atoms with van der Waals surface area (Å²) in [7, 11) is 0. The summed E-state index contributed by atoms with van der Waals surface area (Å²) in [5.41, 5.74) is 5.68. The Balaban J connectivity index is 1.75. The van der Waals surface area contributed by atoms with E-state index in [-0.39, 0.29) is 0 Å². The molecule has 98 valence electrons. The van der Waals surface area contributed by atoms with E-state index in [4.69, 9.17) is 0 Å². The fourth-order valence-electron chi connectivity index (χ4n) is 2.71. The van der Waals surface area contributed by atoms with Crippen LogP contribution in [-0.2, 0) is 19.5 Å². The van der Waals surface area contributed by atoms with Crippen molar-refractivity contribution in [2.24, 2.45) is 0 Å². The molecule has 0 spiro atoms. The second-order valence-corrected chi connectivity index (χ2v) is 6.18. The molecule has 0 unspecified atom stereocenters. The lowest BCUT2D eigenvalue weighted by Crippen LogP contribution is -2.30. The van der Waals surface area contributed by atoms with Crippen LogP contribution in [0.25, 0.3) is 0 Å². The summed E-state index contributed by atoms with van der Waals surface area (Å²) in [6.07, 6.45) is 1.17. The van der Waals surface area contributed by atoms with Crippen LogP contribution in [0.5, 0.6) is 0 Å². The number of halogens is 1. The standard InChI is InChI=1S/C17H18BrN/c1-13-6-7-16(17(18)10-13)12-19-9-8-14-4-2-3-5-15(14)11-19/h2-7,10H,8-9,11-12H2,1H3. The molecule has 1 aliphatic rings. The first-order chi connectivity index (χ1) is 9.22. The Morgan fingerprint density at radius 3 is 2.68 bits per heavy atom. The third-order valence-corrected chi connectivity index (χ3v) is 4.55. The van der Waals surface area contributed by atoms with Gasteiger partial charge in [-0.05, 0) is 41.7 Å². The molecule has 19 heavy (non-hydrogen) atoms. The minimum Gasteiger partial charge on any atom is -0.294 e. The van der Waals surface area contributed by atoms with Crippen LogP contribution in [0, 0.1) is 6.92 Å². The van der Waals surface area contributed by atoms with Gasteiger partial charge >= 0.3 is 0 Å². The number of nitrogens with zero attached hydrogens (tertiary/aromatic N) is 1. The van der Waals surface area contributed by atoms with Crippen molar-refractivity contribution in [3.8, 4) is 0 Å². The topological polar surface area (TPSA) is 3.24 Å². The Hall–Kier alpha value is -1.12. The van der Waals surface area contributed by atoms with Gasteiger partial charge < -0.3 is 0 Å². The van der Waals surface area contributed by atoms with Crippen molar-refractivity contribution in [3.05, 3.63) is 69.2 Å². The van der Waals surface area contributed by atoms with E-state index in [0.29, 0.717) is 0 Å². The molecule has 2 heteroatoms. The fourth-order valence-corrected chi connectivity index (χ4v) is 3.33. The lowest BCUT2D eigenvalue weighted by molar-refractivity contribution is 0.245. The van der Waals surface area contributed by atoms with Crippen molar-refractivity contribution in [2.45, 2.75) is 26.4 Å². The van der Waals surface area contributed by atoms with Gasteiger partial charge in [-0.2, -0.15) is 0 Å². The predicted molar refractivity (Wildman–Crippen MR) is 83.1 cm³/mol. The van der Waals surface area contributed by atoms with Crippen LogP contribution in [0.15, 0.2) is 46.9 Å².